The van der Waals surface area contributed by atoms with Crippen LogP contribution in [0.5, 0.6) is 11.5 Å². The molecule has 2 amide bonds. The van der Waals surface area contributed by atoms with Crippen LogP contribution in [0.2, 0.25) is 0 Å². The number of benzene rings is 2. The van der Waals surface area contributed by atoms with Crippen molar-refractivity contribution in [2.45, 2.75) is 12.3 Å². The Hall–Kier alpha value is -2.82. The van der Waals surface area contributed by atoms with E-state index in [1.807, 2.05) is 12.1 Å². The Morgan fingerprint density at radius 2 is 1.73 bits per heavy atom. The van der Waals surface area contributed by atoms with Crippen molar-refractivity contribution >= 4 is 21.7 Å². The van der Waals surface area contributed by atoms with Gasteiger partial charge >= 0.3 is 6.03 Å². The summed E-state index contributed by atoms with van der Waals surface area (Å²) in [6.45, 7) is 1.90. The molecule has 0 radical (unpaired) electrons. The van der Waals surface area contributed by atoms with Crippen molar-refractivity contribution < 1.29 is 27.4 Å². The smallest absolute Gasteiger partial charge is 0.319 e. The van der Waals surface area contributed by atoms with E-state index in [1.165, 1.54) is 4.31 Å². The van der Waals surface area contributed by atoms with Crippen molar-refractivity contribution in [3.8, 4) is 11.5 Å². The van der Waals surface area contributed by atoms with Gasteiger partial charge in [0, 0.05) is 31.4 Å². The van der Waals surface area contributed by atoms with E-state index in [0.717, 1.165) is 5.56 Å². The molecule has 160 valence electrons. The van der Waals surface area contributed by atoms with Crippen LogP contribution in [0.25, 0.3) is 0 Å². The average Bonchev–Trinajstić information content (AvgIpc) is 3.21. The van der Waals surface area contributed by atoms with Gasteiger partial charge in [-0.1, -0.05) is 24.3 Å². The summed E-state index contributed by atoms with van der Waals surface area (Å²) in [7, 11) is -3.45. The van der Waals surface area contributed by atoms with Crippen molar-refractivity contribution in [1.82, 2.24) is 9.62 Å². The molecular formula is C20H23N3O6S. The molecule has 10 heteroatoms. The van der Waals surface area contributed by atoms with Crippen molar-refractivity contribution in [2.24, 2.45) is 0 Å². The number of hydrogen-bond acceptors (Lipinski definition) is 6. The van der Waals surface area contributed by atoms with E-state index in [2.05, 4.69) is 10.6 Å². The standard InChI is InChI=1S/C20H23N3O6S/c24-20(22-17-5-6-18-19(11-17)29-14-28-18)21-12-15-3-1-2-4-16(15)13-30(25,26)23-7-9-27-10-8-23/h1-6,11H,7-10,12-14H2,(H2,21,22,24). The third-order valence-electron chi connectivity index (χ3n) is 4.89. The first-order valence-electron chi connectivity index (χ1n) is 9.58. The Balaban J connectivity index is 1.37. The normalized spacial score (nSPS) is 16.3. The molecule has 2 aromatic carbocycles. The first kappa shape index (κ1) is 20.5. The molecule has 0 aliphatic carbocycles. The van der Waals surface area contributed by atoms with E-state index < -0.39 is 16.1 Å². The maximum Gasteiger partial charge on any atom is 0.319 e. The molecule has 0 unspecified atom stereocenters. The Kier molecular flexibility index (Phi) is 6.07. The summed E-state index contributed by atoms with van der Waals surface area (Å²) in [5, 5.41) is 5.51. The maximum atomic E-state index is 12.7. The summed E-state index contributed by atoms with van der Waals surface area (Å²) in [6.07, 6.45) is 0. The highest BCUT2D eigenvalue weighted by Crippen LogP contribution is 2.34. The van der Waals surface area contributed by atoms with Gasteiger partial charge in [-0.05, 0) is 23.3 Å². The highest BCUT2D eigenvalue weighted by molar-refractivity contribution is 7.88. The highest BCUT2D eigenvalue weighted by atomic mass is 32.2. The lowest BCUT2D eigenvalue weighted by molar-refractivity contribution is 0.0729. The summed E-state index contributed by atoms with van der Waals surface area (Å²) >= 11 is 0. The number of carbonyl (C=O) groups is 1. The van der Waals surface area contributed by atoms with Gasteiger partial charge < -0.3 is 24.8 Å². The quantitative estimate of drug-likeness (QED) is 0.721. The van der Waals surface area contributed by atoms with Gasteiger partial charge in [0.2, 0.25) is 16.8 Å². The lowest BCUT2D eigenvalue weighted by Gasteiger charge is -2.26. The summed E-state index contributed by atoms with van der Waals surface area (Å²) in [6, 6.07) is 11.9. The minimum atomic E-state index is -3.45. The van der Waals surface area contributed by atoms with Crippen LogP contribution in [0.1, 0.15) is 11.1 Å². The monoisotopic (exact) mass is 433 g/mol. The largest absolute Gasteiger partial charge is 0.454 e. The molecule has 1 saturated heterocycles. The van der Waals surface area contributed by atoms with Crippen LogP contribution >= 0.6 is 0 Å². The summed E-state index contributed by atoms with van der Waals surface area (Å²) in [4.78, 5) is 12.3. The molecule has 2 aliphatic heterocycles. The number of urea groups is 1. The second-order valence-corrected chi connectivity index (χ2v) is 8.88. The van der Waals surface area contributed by atoms with E-state index >= 15 is 0 Å². The average molecular weight is 433 g/mol. The van der Waals surface area contributed by atoms with Crippen LogP contribution in [-0.2, 0) is 27.1 Å². The maximum absolute atomic E-state index is 12.7. The molecule has 2 aromatic rings. The van der Waals surface area contributed by atoms with Gasteiger partial charge in [-0.3, -0.25) is 0 Å². The molecule has 0 bridgehead atoms. The molecule has 2 N–H and O–H groups in total. The van der Waals surface area contributed by atoms with Crippen molar-refractivity contribution in [2.75, 3.05) is 38.4 Å². The highest BCUT2D eigenvalue weighted by Gasteiger charge is 2.25. The van der Waals surface area contributed by atoms with Crippen LogP contribution in [0.3, 0.4) is 0 Å². The number of morpholine rings is 1. The Morgan fingerprint density at radius 1 is 1.00 bits per heavy atom. The first-order chi connectivity index (χ1) is 14.5. The van der Waals surface area contributed by atoms with Crippen LogP contribution in [0, 0.1) is 0 Å². The summed E-state index contributed by atoms with van der Waals surface area (Å²) in [5.74, 6) is 1.09. The van der Waals surface area contributed by atoms with Gasteiger partial charge in [0.1, 0.15) is 0 Å². The number of anilines is 1. The lowest BCUT2D eigenvalue weighted by atomic mass is 10.1. The van der Waals surface area contributed by atoms with Crippen LogP contribution in [0.15, 0.2) is 42.5 Å². The molecule has 0 saturated carbocycles. The number of nitrogens with zero attached hydrogens (tertiary/aromatic N) is 1. The molecule has 9 nitrogen and oxygen atoms in total. The molecule has 30 heavy (non-hydrogen) atoms. The molecule has 0 atom stereocenters. The predicted octanol–water partition coefficient (Wildman–Crippen LogP) is 1.90. The molecule has 2 heterocycles. The topological polar surface area (TPSA) is 106 Å². The van der Waals surface area contributed by atoms with E-state index in [0.29, 0.717) is 49.1 Å². The van der Waals surface area contributed by atoms with Gasteiger partial charge in [0.15, 0.2) is 11.5 Å². The zero-order chi connectivity index (χ0) is 21.0. The number of sulfonamides is 1. The van der Waals surface area contributed by atoms with Crippen LogP contribution < -0.4 is 20.1 Å². The first-order valence-corrected chi connectivity index (χ1v) is 11.2. The third-order valence-corrected chi connectivity index (χ3v) is 6.72. The van der Waals surface area contributed by atoms with E-state index in [1.54, 1.807) is 30.3 Å². The van der Waals surface area contributed by atoms with Gasteiger partial charge in [-0.25, -0.2) is 13.2 Å². The zero-order valence-electron chi connectivity index (χ0n) is 16.3. The number of ether oxygens (including phenoxy) is 3. The second-order valence-electron chi connectivity index (χ2n) is 6.91. The van der Waals surface area contributed by atoms with Gasteiger partial charge in [0.05, 0.1) is 19.0 Å². The molecule has 4 rings (SSSR count). The molecule has 0 aromatic heterocycles. The third kappa shape index (κ3) is 4.84. The Labute approximate surface area is 175 Å². The second kappa shape index (κ2) is 8.90. The zero-order valence-corrected chi connectivity index (χ0v) is 17.1. The van der Waals surface area contributed by atoms with E-state index in [9.17, 15) is 13.2 Å². The Bertz CT molecular complexity index is 1020. The molecule has 0 spiro atoms. The number of amides is 2. The van der Waals surface area contributed by atoms with Crippen molar-refractivity contribution in [3.05, 3.63) is 53.6 Å². The number of rotatable bonds is 6. The number of carbonyl (C=O) groups excluding carboxylic acids is 1. The van der Waals surface area contributed by atoms with E-state index in [4.69, 9.17) is 14.2 Å². The fourth-order valence-corrected chi connectivity index (χ4v) is 4.87. The molecule has 2 aliphatic rings. The van der Waals surface area contributed by atoms with Gasteiger partial charge in [0.25, 0.3) is 0 Å². The van der Waals surface area contributed by atoms with Crippen molar-refractivity contribution in [1.29, 1.82) is 0 Å². The molecule has 1 fully saturated rings. The number of hydrogen-bond donors (Lipinski definition) is 2. The van der Waals surface area contributed by atoms with Gasteiger partial charge in [-0.2, -0.15) is 4.31 Å². The minimum Gasteiger partial charge on any atom is -0.454 e. The van der Waals surface area contributed by atoms with Crippen LogP contribution in [0.4, 0.5) is 10.5 Å². The number of nitrogens with one attached hydrogen (secondary N) is 2. The fraction of sp³-hybridized carbons (Fsp3) is 0.350. The predicted molar refractivity (Wildman–Crippen MR) is 110 cm³/mol. The van der Waals surface area contributed by atoms with Gasteiger partial charge in [-0.15, -0.1) is 0 Å². The summed E-state index contributed by atoms with van der Waals surface area (Å²) in [5.41, 5.74) is 1.97. The SMILES string of the molecule is O=C(NCc1ccccc1CS(=O)(=O)N1CCOCC1)Nc1ccc2c(c1)OCO2. The van der Waals surface area contributed by atoms with E-state index in [-0.39, 0.29) is 19.1 Å². The van der Waals surface area contributed by atoms with Crippen LogP contribution in [-0.4, -0.2) is 51.9 Å². The van der Waals surface area contributed by atoms with Crippen molar-refractivity contribution in [3.63, 3.8) is 0 Å². The minimum absolute atomic E-state index is 0.116. The fourth-order valence-electron chi connectivity index (χ4n) is 3.31. The number of fused-ring (bicyclic) bond motifs is 1. The summed E-state index contributed by atoms with van der Waals surface area (Å²) < 4.78 is 42.7. The Morgan fingerprint density at radius 3 is 2.53 bits per heavy atom. The molecular weight excluding hydrogens is 410 g/mol. The lowest BCUT2D eigenvalue weighted by Crippen LogP contribution is -2.41.